The van der Waals surface area contributed by atoms with E-state index in [2.05, 4.69) is 16.8 Å². The number of fused-ring (bicyclic) bond motifs is 1. The summed E-state index contributed by atoms with van der Waals surface area (Å²) in [6.07, 6.45) is 3.57. The lowest BCUT2D eigenvalue weighted by atomic mass is 9.73. The molecule has 166 valence electrons. The minimum Gasteiger partial charge on any atom is -0.394 e. The minimum atomic E-state index is -0.256. The molecule has 7 nitrogen and oxygen atoms in total. The van der Waals surface area contributed by atoms with Gasteiger partial charge in [-0.3, -0.25) is 19.5 Å². The van der Waals surface area contributed by atoms with Crippen molar-refractivity contribution in [2.75, 3.05) is 40.3 Å². The summed E-state index contributed by atoms with van der Waals surface area (Å²) in [6.45, 7) is 1.12. The van der Waals surface area contributed by atoms with Crippen molar-refractivity contribution in [2.24, 2.45) is 0 Å². The van der Waals surface area contributed by atoms with Crippen LogP contribution in [0.25, 0.3) is 0 Å². The van der Waals surface area contributed by atoms with Crippen LogP contribution in [0.3, 0.4) is 0 Å². The van der Waals surface area contributed by atoms with Gasteiger partial charge in [-0.15, -0.1) is 0 Å². The van der Waals surface area contributed by atoms with Gasteiger partial charge in [0.2, 0.25) is 11.8 Å². The molecule has 2 amide bonds. The largest absolute Gasteiger partial charge is 0.394 e. The maximum absolute atomic E-state index is 12.8. The van der Waals surface area contributed by atoms with Crippen molar-refractivity contribution >= 4 is 11.8 Å². The van der Waals surface area contributed by atoms with Crippen molar-refractivity contribution in [2.45, 2.75) is 24.4 Å². The quantitative estimate of drug-likeness (QED) is 0.705. The van der Waals surface area contributed by atoms with E-state index >= 15 is 0 Å². The van der Waals surface area contributed by atoms with Crippen LogP contribution in [0.5, 0.6) is 0 Å². The number of hydrogen-bond acceptors (Lipinski definition) is 5. The van der Waals surface area contributed by atoms with E-state index in [1.165, 1.54) is 0 Å². The number of pyridine rings is 1. The molecule has 4 rings (SSSR count). The Morgan fingerprint density at radius 1 is 1.25 bits per heavy atom. The molecular weight excluding hydrogens is 404 g/mol. The molecule has 1 aromatic heterocycles. The molecule has 0 radical (unpaired) electrons. The highest BCUT2D eigenvalue weighted by atomic mass is 16.3. The number of aromatic nitrogens is 1. The second kappa shape index (κ2) is 9.51. The van der Waals surface area contributed by atoms with Crippen molar-refractivity contribution in [1.82, 2.24) is 19.7 Å². The van der Waals surface area contributed by atoms with Gasteiger partial charge in [0.1, 0.15) is 0 Å². The fraction of sp³-hybridized carbons (Fsp3) is 0.400. The third-order valence-corrected chi connectivity index (χ3v) is 6.11. The molecule has 3 heterocycles. The number of carbonyl (C=O) groups excluding carboxylic acids is 2. The summed E-state index contributed by atoms with van der Waals surface area (Å²) in [7, 11) is 3.96. The molecule has 0 spiro atoms. The second-order valence-corrected chi connectivity index (χ2v) is 8.62. The van der Waals surface area contributed by atoms with E-state index in [9.17, 15) is 14.7 Å². The normalized spacial score (nSPS) is 22.1. The standard InChI is InChI=1S/C25H28N4O3/c1-27(2)12-4-6-18-7-9-20(10-8-18)25-21-15-28(16-24(32)29(21)22(25)17-30)23(31)13-19-5-3-11-26-14-19/h3,5,7-11,14,21-22,25,30H,12-13,15-17H2,1-2H3/t21-,22-,25-/m0/s1. The molecule has 1 N–H and O–H groups in total. The Balaban J connectivity index is 1.48. The highest BCUT2D eigenvalue weighted by Gasteiger charge is 2.54. The van der Waals surface area contributed by atoms with Gasteiger partial charge in [0.05, 0.1) is 38.2 Å². The van der Waals surface area contributed by atoms with Gasteiger partial charge < -0.3 is 14.9 Å². The first-order valence-electron chi connectivity index (χ1n) is 10.8. The molecule has 2 saturated heterocycles. The van der Waals surface area contributed by atoms with E-state index in [1.807, 2.05) is 49.3 Å². The first-order chi connectivity index (χ1) is 15.5. The molecule has 0 bridgehead atoms. The molecule has 0 aliphatic carbocycles. The Hall–Kier alpha value is -3.21. The lowest BCUT2D eigenvalue weighted by molar-refractivity contribution is -0.166. The molecule has 7 heteroatoms. The summed E-state index contributed by atoms with van der Waals surface area (Å²) in [5.41, 5.74) is 2.81. The molecule has 0 unspecified atom stereocenters. The van der Waals surface area contributed by atoms with Crippen LogP contribution in [0.4, 0.5) is 0 Å². The SMILES string of the molecule is CN(C)CC#Cc1ccc([C@@H]2[C@H](CO)N3C(=O)CN(C(=O)Cc4cccnc4)C[C@@H]23)cc1. The molecule has 2 aliphatic rings. The lowest BCUT2D eigenvalue weighted by Crippen LogP contribution is -2.73. The molecule has 2 fully saturated rings. The van der Waals surface area contributed by atoms with Crippen LogP contribution in [0.1, 0.15) is 22.6 Å². The average Bonchev–Trinajstić information content (AvgIpc) is 2.76. The molecular formula is C25H28N4O3. The molecule has 0 saturated carbocycles. The van der Waals surface area contributed by atoms with Crippen LogP contribution in [0, 0.1) is 11.8 Å². The van der Waals surface area contributed by atoms with Gasteiger partial charge in [-0.2, -0.15) is 0 Å². The van der Waals surface area contributed by atoms with Crippen molar-refractivity contribution in [3.63, 3.8) is 0 Å². The summed E-state index contributed by atoms with van der Waals surface area (Å²) >= 11 is 0. The summed E-state index contributed by atoms with van der Waals surface area (Å²) in [5, 5.41) is 9.96. The summed E-state index contributed by atoms with van der Waals surface area (Å²) in [5.74, 6) is 6.07. The van der Waals surface area contributed by atoms with Gasteiger partial charge in [0.25, 0.3) is 0 Å². The van der Waals surface area contributed by atoms with Crippen LogP contribution in [0.15, 0.2) is 48.8 Å². The van der Waals surface area contributed by atoms with Crippen molar-refractivity contribution in [1.29, 1.82) is 0 Å². The van der Waals surface area contributed by atoms with E-state index in [0.717, 1.165) is 16.7 Å². The van der Waals surface area contributed by atoms with Gasteiger partial charge in [0.15, 0.2) is 0 Å². The molecule has 2 aliphatic heterocycles. The highest BCUT2D eigenvalue weighted by molar-refractivity contribution is 5.88. The number of hydrogen-bond donors (Lipinski definition) is 1. The number of carbonyl (C=O) groups is 2. The minimum absolute atomic E-state index is 0.0123. The fourth-order valence-corrected chi connectivity index (χ4v) is 4.57. The van der Waals surface area contributed by atoms with Crippen molar-refractivity contribution in [3.05, 3.63) is 65.5 Å². The van der Waals surface area contributed by atoms with Gasteiger partial charge in [-0.05, 0) is 43.4 Å². The number of nitrogens with zero attached hydrogens (tertiary/aromatic N) is 4. The van der Waals surface area contributed by atoms with Crippen molar-refractivity contribution < 1.29 is 14.7 Å². The zero-order valence-corrected chi connectivity index (χ0v) is 18.4. The fourth-order valence-electron chi connectivity index (χ4n) is 4.57. The van der Waals surface area contributed by atoms with E-state index in [-0.39, 0.29) is 49.4 Å². The Morgan fingerprint density at radius 2 is 2.03 bits per heavy atom. The topological polar surface area (TPSA) is 77.0 Å². The first-order valence-corrected chi connectivity index (χ1v) is 10.8. The van der Waals surface area contributed by atoms with Crippen molar-refractivity contribution in [3.8, 4) is 11.8 Å². The Kier molecular flexibility index (Phi) is 6.54. The monoisotopic (exact) mass is 432 g/mol. The van der Waals surface area contributed by atoms with E-state index in [0.29, 0.717) is 13.1 Å². The zero-order chi connectivity index (χ0) is 22.7. The number of benzene rings is 1. The summed E-state index contributed by atoms with van der Waals surface area (Å²) in [4.78, 5) is 35.1. The van der Waals surface area contributed by atoms with Crippen LogP contribution in [-0.2, 0) is 16.0 Å². The molecule has 3 atom stereocenters. The molecule has 32 heavy (non-hydrogen) atoms. The molecule has 1 aromatic carbocycles. The Bertz CT molecular complexity index is 1030. The van der Waals surface area contributed by atoms with Gasteiger partial charge in [-0.1, -0.05) is 30.0 Å². The lowest BCUT2D eigenvalue weighted by Gasteiger charge is -2.58. The third-order valence-electron chi connectivity index (χ3n) is 6.11. The molecule has 2 aromatic rings. The predicted molar refractivity (Wildman–Crippen MR) is 121 cm³/mol. The predicted octanol–water partition coefficient (Wildman–Crippen LogP) is 0.735. The zero-order valence-electron chi connectivity index (χ0n) is 18.4. The van der Waals surface area contributed by atoms with E-state index in [4.69, 9.17) is 0 Å². The van der Waals surface area contributed by atoms with Crippen LogP contribution >= 0.6 is 0 Å². The summed E-state index contributed by atoms with van der Waals surface area (Å²) < 4.78 is 0. The number of piperazine rings is 1. The maximum atomic E-state index is 12.8. The number of rotatable bonds is 5. The third kappa shape index (κ3) is 4.52. The van der Waals surface area contributed by atoms with Gasteiger partial charge >= 0.3 is 0 Å². The van der Waals surface area contributed by atoms with Gasteiger partial charge in [-0.25, -0.2) is 0 Å². The highest BCUT2D eigenvalue weighted by Crippen LogP contribution is 2.42. The van der Waals surface area contributed by atoms with E-state index < -0.39 is 0 Å². The Labute approximate surface area is 188 Å². The average molecular weight is 433 g/mol. The van der Waals surface area contributed by atoms with Gasteiger partial charge in [0, 0.05) is 30.4 Å². The maximum Gasteiger partial charge on any atom is 0.242 e. The smallest absolute Gasteiger partial charge is 0.242 e. The second-order valence-electron chi connectivity index (χ2n) is 8.62. The number of aliphatic hydroxyl groups is 1. The van der Waals surface area contributed by atoms with Crippen LogP contribution < -0.4 is 0 Å². The Morgan fingerprint density at radius 3 is 2.69 bits per heavy atom. The van der Waals surface area contributed by atoms with Crippen LogP contribution in [0.2, 0.25) is 0 Å². The summed E-state index contributed by atoms with van der Waals surface area (Å²) in [6, 6.07) is 11.3. The number of amides is 2. The van der Waals surface area contributed by atoms with E-state index in [1.54, 1.807) is 28.3 Å². The number of aliphatic hydroxyl groups excluding tert-OH is 1. The van der Waals surface area contributed by atoms with Crippen LogP contribution in [-0.4, -0.2) is 89.0 Å². The first kappa shape index (κ1) is 22.0.